The minimum absolute atomic E-state index is 0.0130. The van der Waals surface area contributed by atoms with E-state index in [1.807, 2.05) is 26.0 Å². The second kappa shape index (κ2) is 6.23. The number of benzene rings is 2. The molecule has 0 saturated carbocycles. The molecule has 0 unspecified atom stereocenters. The van der Waals surface area contributed by atoms with Gasteiger partial charge in [0.2, 0.25) is 11.8 Å². The van der Waals surface area contributed by atoms with Crippen molar-refractivity contribution in [3.8, 4) is 5.75 Å². The Bertz CT molecular complexity index is 800. The van der Waals surface area contributed by atoms with Gasteiger partial charge >= 0.3 is 0 Å². The first-order valence-corrected chi connectivity index (χ1v) is 7.70. The topological polar surface area (TPSA) is 90.5 Å². The normalized spacial score (nSPS) is 15.9. The van der Waals surface area contributed by atoms with Gasteiger partial charge < -0.3 is 21.1 Å². The molecule has 1 atom stereocenters. The molecule has 1 aliphatic rings. The Morgan fingerprint density at radius 3 is 2.42 bits per heavy atom. The fourth-order valence-corrected chi connectivity index (χ4v) is 2.60. The fourth-order valence-electron chi connectivity index (χ4n) is 2.60. The monoisotopic (exact) mass is 325 g/mol. The van der Waals surface area contributed by atoms with Gasteiger partial charge in [-0.05, 0) is 61.4 Å². The van der Waals surface area contributed by atoms with Gasteiger partial charge in [0, 0.05) is 5.69 Å². The van der Waals surface area contributed by atoms with Crippen LogP contribution in [0.2, 0.25) is 0 Å². The summed E-state index contributed by atoms with van der Waals surface area (Å²) in [5.41, 5.74) is 4.34. The molecule has 2 aromatic rings. The van der Waals surface area contributed by atoms with Crippen molar-refractivity contribution in [1.82, 2.24) is 0 Å². The number of hydrogen-bond acceptors (Lipinski definition) is 4. The van der Waals surface area contributed by atoms with E-state index in [0.717, 1.165) is 22.5 Å². The number of phenolic OH excluding ortho intramolecular Hbond substituents is 1. The van der Waals surface area contributed by atoms with Crippen LogP contribution in [0.25, 0.3) is 0 Å². The Hall–Kier alpha value is -3.02. The molecular formula is C18H19N3O3. The van der Waals surface area contributed by atoms with E-state index in [4.69, 9.17) is 0 Å². The van der Waals surface area contributed by atoms with Crippen LogP contribution in [-0.2, 0) is 9.59 Å². The first-order valence-electron chi connectivity index (χ1n) is 7.70. The van der Waals surface area contributed by atoms with Crippen molar-refractivity contribution in [1.29, 1.82) is 0 Å². The van der Waals surface area contributed by atoms with E-state index < -0.39 is 6.04 Å². The van der Waals surface area contributed by atoms with E-state index >= 15 is 0 Å². The van der Waals surface area contributed by atoms with Gasteiger partial charge in [-0.1, -0.05) is 0 Å². The van der Waals surface area contributed by atoms with Crippen molar-refractivity contribution in [2.24, 2.45) is 0 Å². The Morgan fingerprint density at radius 2 is 1.75 bits per heavy atom. The number of carbonyl (C=O) groups excluding carboxylic acids is 2. The van der Waals surface area contributed by atoms with E-state index in [0.29, 0.717) is 5.69 Å². The molecular weight excluding hydrogens is 306 g/mol. The lowest BCUT2D eigenvalue weighted by atomic mass is 10.0. The summed E-state index contributed by atoms with van der Waals surface area (Å²) in [5, 5.41) is 17.9. The largest absolute Gasteiger partial charge is 0.508 e. The molecule has 6 heteroatoms. The predicted octanol–water partition coefficient (Wildman–Crippen LogP) is 2.77. The van der Waals surface area contributed by atoms with E-state index in [1.165, 1.54) is 12.1 Å². The van der Waals surface area contributed by atoms with Crippen molar-refractivity contribution < 1.29 is 14.7 Å². The molecule has 3 rings (SSSR count). The average Bonchev–Trinajstić information content (AvgIpc) is 2.52. The molecule has 124 valence electrons. The lowest BCUT2D eigenvalue weighted by Gasteiger charge is -2.27. The van der Waals surface area contributed by atoms with Crippen LogP contribution in [0.4, 0.5) is 17.1 Å². The number of phenols is 1. The van der Waals surface area contributed by atoms with Gasteiger partial charge in [0.05, 0.1) is 17.8 Å². The molecule has 1 aliphatic heterocycles. The summed E-state index contributed by atoms with van der Waals surface area (Å²) < 4.78 is 0. The van der Waals surface area contributed by atoms with Crippen LogP contribution in [0.15, 0.2) is 36.4 Å². The number of anilines is 3. The molecule has 2 aromatic carbocycles. The van der Waals surface area contributed by atoms with E-state index in [1.54, 1.807) is 12.1 Å². The number of carbonyl (C=O) groups is 2. The van der Waals surface area contributed by atoms with Crippen LogP contribution in [0.1, 0.15) is 17.5 Å². The smallest absolute Gasteiger partial charge is 0.247 e. The maximum Gasteiger partial charge on any atom is 0.247 e. The lowest BCUT2D eigenvalue weighted by Crippen LogP contribution is -2.41. The van der Waals surface area contributed by atoms with Gasteiger partial charge in [-0.3, -0.25) is 9.59 Å². The summed E-state index contributed by atoms with van der Waals surface area (Å²) >= 11 is 0. The van der Waals surface area contributed by atoms with Crippen LogP contribution in [-0.4, -0.2) is 23.0 Å². The van der Waals surface area contributed by atoms with Crippen LogP contribution >= 0.6 is 0 Å². The summed E-state index contributed by atoms with van der Waals surface area (Å²) in [7, 11) is 0. The number of aromatic hydroxyl groups is 1. The third kappa shape index (κ3) is 3.32. The van der Waals surface area contributed by atoms with Crippen LogP contribution in [0.5, 0.6) is 5.75 Å². The van der Waals surface area contributed by atoms with Crippen molar-refractivity contribution >= 4 is 28.9 Å². The molecule has 0 spiro atoms. The van der Waals surface area contributed by atoms with E-state index in [9.17, 15) is 14.7 Å². The maximum atomic E-state index is 12.2. The van der Waals surface area contributed by atoms with Crippen molar-refractivity contribution in [3.63, 3.8) is 0 Å². The second-order valence-corrected chi connectivity index (χ2v) is 5.97. The summed E-state index contributed by atoms with van der Waals surface area (Å²) in [5.74, 6) is -0.379. The van der Waals surface area contributed by atoms with Gasteiger partial charge in [0.15, 0.2) is 0 Å². The minimum atomic E-state index is -0.628. The van der Waals surface area contributed by atoms with Gasteiger partial charge in [-0.2, -0.15) is 0 Å². The Labute approximate surface area is 139 Å². The Balaban J connectivity index is 1.68. The molecule has 0 radical (unpaired) electrons. The van der Waals surface area contributed by atoms with E-state index in [2.05, 4.69) is 16.0 Å². The lowest BCUT2D eigenvalue weighted by molar-refractivity contribution is -0.122. The van der Waals surface area contributed by atoms with Gasteiger partial charge in [0.25, 0.3) is 0 Å². The Morgan fingerprint density at radius 1 is 1.12 bits per heavy atom. The fraction of sp³-hybridized carbons (Fsp3) is 0.222. The highest BCUT2D eigenvalue weighted by Gasteiger charge is 2.27. The SMILES string of the molecule is Cc1cc2c(cc1C)N[C@@H](CC(=O)Nc1ccc(O)cc1)C(=O)N2. The molecule has 0 saturated heterocycles. The maximum absolute atomic E-state index is 12.2. The number of fused-ring (bicyclic) bond motifs is 1. The number of nitrogens with one attached hydrogen (secondary N) is 3. The van der Waals surface area contributed by atoms with E-state index in [-0.39, 0.29) is 24.0 Å². The van der Waals surface area contributed by atoms with Gasteiger partial charge in [-0.25, -0.2) is 0 Å². The van der Waals surface area contributed by atoms with Crippen LogP contribution in [0.3, 0.4) is 0 Å². The summed E-state index contributed by atoms with van der Waals surface area (Å²) in [6, 6.07) is 9.44. The number of amides is 2. The minimum Gasteiger partial charge on any atom is -0.508 e. The first-order chi connectivity index (χ1) is 11.4. The molecule has 1 heterocycles. The van der Waals surface area contributed by atoms with Crippen LogP contribution < -0.4 is 16.0 Å². The van der Waals surface area contributed by atoms with Crippen molar-refractivity contribution in [3.05, 3.63) is 47.5 Å². The third-order valence-corrected chi connectivity index (χ3v) is 4.08. The Kier molecular flexibility index (Phi) is 4.12. The molecule has 0 aromatic heterocycles. The molecule has 0 fully saturated rings. The van der Waals surface area contributed by atoms with Crippen molar-refractivity contribution in [2.45, 2.75) is 26.3 Å². The quantitative estimate of drug-likeness (QED) is 0.653. The second-order valence-electron chi connectivity index (χ2n) is 5.97. The zero-order valence-corrected chi connectivity index (χ0v) is 13.5. The average molecular weight is 325 g/mol. The van der Waals surface area contributed by atoms with Gasteiger partial charge in [0.1, 0.15) is 11.8 Å². The number of aryl methyl sites for hydroxylation is 2. The summed E-state index contributed by atoms with van der Waals surface area (Å²) in [6.07, 6.45) is 0.0130. The highest BCUT2D eigenvalue weighted by Crippen LogP contribution is 2.30. The highest BCUT2D eigenvalue weighted by molar-refractivity contribution is 6.06. The van der Waals surface area contributed by atoms with Crippen LogP contribution in [0, 0.1) is 13.8 Å². The molecule has 6 nitrogen and oxygen atoms in total. The molecule has 24 heavy (non-hydrogen) atoms. The highest BCUT2D eigenvalue weighted by atomic mass is 16.3. The number of rotatable bonds is 3. The van der Waals surface area contributed by atoms with Crippen molar-refractivity contribution in [2.75, 3.05) is 16.0 Å². The summed E-state index contributed by atoms with van der Waals surface area (Å²) in [4.78, 5) is 24.3. The zero-order chi connectivity index (χ0) is 17.3. The molecule has 0 bridgehead atoms. The molecule has 2 amide bonds. The molecule has 0 aliphatic carbocycles. The predicted molar refractivity (Wildman–Crippen MR) is 93.3 cm³/mol. The zero-order valence-electron chi connectivity index (χ0n) is 13.5. The molecule has 4 N–H and O–H groups in total. The third-order valence-electron chi connectivity index (χ3n) is 4.08. The standard InChI is InChI=1S/C18H19N3O3/c1-10-7-14-15(8-11(10)2)21-18(24)16(20-14)9-17(23)19-12-3-5-13(22)6-4-12/h3-8,16,20,22H,9H2,1-2H3,(H,19,23)(H,21,24)/t16-/m0/s1. The summed E-state index contributed by atoms with van der Waals surface area (Å²) in [6.45, 7) is 3.99. The number of hydrogen-bond donors (Lipinski definition) is 4. The van der Waals surface area contributed by atoms with Gasteiger partial charge in [-0.15, -0.1) is 0 Å². The first kappa shape index (κ1) is 15.9.